The van der Waals surface area contributed by atoms with Crippen LogP contribution in [-0.4, -0.2) is 24.5 Å². The van der Waals surface area contributed by atoms with Gasteiger partial charge in [-0.15, -0.1) is 6.58 Å². The fraction of sp³-hybridized carbons (Fsp3) is 0.500. The molecule has 3 rings (SSSR count). The van der Waals surface area contributed by atoms with Crippen LogP contribution < -0.4 is 0 Å². The van der Waals surface area contributed by atoms with E-state index < -0.39 is 0 Å². The summed E-state index contributed by atoms with van der Waals surface area (Å²) in [4.78, 5) is 2.45. The zero-order valence-corrected chi connectivity index (χ0v) is 13.7. The average molecular weight is 331 g/mol. The Hall–Kier alpha value is -0.210. The molecule has 0 N–H and O–H groups in total. The molecule has 0 bridgehead atoms. The third kappa shape index (κ3) is 2.39. The molecule has 1 unspecified atom stereocenters. The van der Waals surface area contributed by atoms with Crippen molar-refractivity contribution in [3.63, 3.8) is 0 Å². The van der Waals surface area contributed by atoms with Crippen LogP contribution in [0.5, 0.6) is 0 Å². The molecule has 1 aromatic carbocycles. The van der Waals surface area contributed by atoms with Crippen LogP contribution in [0.15, 0.2) is 12.7 Å². The van der Waals surface area contributed by atoms with Crippen molar-refractivity contribution in [1.29, 1.82) is 0 Å². The molecule has 0 amide bonds. The van der Waals surface area contributed by atoms with Gasteiger partial charge in [-0.25, -0.2) is 0 Å². The summed E-state index contributed by atoms with van der Waals surface area (Å²) in [6.45, 7) is 6.86. The maximum Gasteiger partial charge on any atom is 0.0784 e. The van der Waals surface area contributed by atoms with Crippen molar-refractivity contribution >= 4 is 34.8 Å². The smallest absolute Gasteiger partial charge is 0.0784 e. The zero-order chi connectivity index (χ0) is 14.3. The van der Waals surface area contributed by atoms with E-state index in [2.05, 4.69) is 11.5 Å². The van der Waals surface area contributed by atoms with E-state index >= 15 is 0 Å². The fourth-order valence-corrected chi connectivity index (χ4v) is 4.49. The lowest BCUT2D eigenvalue weighted by atomic mass is 9.80. The van der Waals surface area contributed by atoms with Gasteiger partial charge < -0.3 is 0 Å². The number of hydrogen-bond donors (Lipinski definition) is 0. The highest BCUT2D eigenvalue weighted by Gasteiger charge is 2.32. The summed E-state index contributed by atoms with van der Waals surface area (Å²) in [5.74, 6) is 0.531. The highest BCUT2D eigenvalue weighted by atomic mass is 35.5. The molecular formula is C16H18Cl3N. The van der Waals surface area contributed by atoms with Crippen molar-refractivity contribution in [2.75, 3.05) is 19.6 Å². The second-order valence-corrected chi connectivity index (χ2v) is 6.83. The van der Waals surface area contributed by atoms with Crippen LogP contribution in [-0.2, 0) is 12.8 Å². The van der Waals surface area contributed by atoms with Gasteiger partial charge in [-0.3, -0.25) is 4.90 Å². The number of halogens is 3. The summed E-state index contributed by atoms with van der Waals surface area (Å²) in [7, 11) is 0. The molecule has 0 saturated heterocycles. The van der Waals surface area contributed by atoms with Gasteiger partial charge in [-0.1, -0.05) is 40.9 Å². The van der Waals surface area contributed by atoms with Crippen LogP contribution in [0.2, 0.25) is 15.1 Å². The molecule has 0 fully saturated rings. The molecule has 0 saturated carbocycles. The van der Waals surface area contributed by atoms with Crippen molar-refractivity contribution < 1.29 is 0 Å². The summed E-state index contributed by atoms with van der Waals surface area (Å²) in [5.41, 5.74) is 3.86. The van der Waals surface area contributed by atoms with E-state index in [0.29, 0.717) is 21.0 Å². The molecule has 1 aromatic rings. The van der Waals surface area contributed by atoms with Crippen molar-refractivity contribution in [2.24, 2.45) is 0 Å². The van der Waals surface area contributed by atoms with E-state index in [1.807, 2.05) is 6.08 Å². The second kappa shape index (κ2) is 5.88. The van der Waals surface area contributed by atoms with Gasteiger partial charge in [0.15, 0.2) is 0 Å². The standard InChI is InChI=1S/C16H18Cl3N/c1-2-7-20-8-6-12-13-10(9-20)4-3-5-11(13)14(17)16(19)15(12)18/h2,10H,1,3-9H2. The van der Waals surface area contributed by atoms with Crippen LogP contribution in [0.4, 0.5) is 0 Å². The Morgan fingerprint density at radius 2 is 1.80 bits per heavy atom. The quantitative estimate of drug-likeness (QED) is 0.538. The highest BCUT2D eigenvalue weighted by molar-refractivity contribution is 6.48. The van der Waals surface area contributed by atoms with Gasteiger partial charge >= 0.3 is 0 Å². The Bertz CT molecular complexity index is 553. The molecule has 0 aromatic heterocycles. The molecule has 1 aliphatic heterocycles. The molecule has 1 atom stereocenters. The lowest BCUT2D eigenvalue weighted by molar-refractivity contribution is 0.286. The Kier molecular flexibility index (Phi) is 4.33. The minimum atomic E-state index is 0.531. The Morgan fingerprint density at radius 3 is 2.50 bits per heavy atom. The van der Waals surface area contributed by atoms with Crippen molar-refractivity contribution in [2.45, 2.75) is 31.6 Å². The number of nitrogens with zero attached hydrogens (tertiary/aromatic N) is 1. The van der Waals surface area contributed by atoms with E-state index in [-0.39, 0.29) is 0 Å². The molecule has 20 heavy (non-hydrogen) atoms. The third-order valence-electron chi connectivity index (χ3n) is 4.50. The Morgan fingerprint density at radius 1 is 1.10 bits per heavy atom. The van der Waals surface area contributed by atoms with Gasteiger partial charge in [0.1, 0.15) is 0 Å². The highest BCUT2D eigenvalue weighted by Crippen LogP contribution is 2.46. The topological polar surface area (TPSA) is 3.24 Å². The van der Waals surface area contributed by atoms with Crippen LogP contribution in [0.3, 0.4) is 0 Å². The van der Waals surface area contributed by atoms with Crippen LogP contribution in [0.25, 0.3) is 0 Å². The SMILES string of the molecule is C=CCN1CCc2c(Cl)c(Cl)c(Cl)c3c2C(CCC3)C1. The molecule has 4 heteroatoms. The molecule has 1 nitrogen and oxygen atoms in total. The minimum Gasteiger partial charge on any atom is -0.299 e. The average Bonchev–Trinajstić information content (AvgIpc) is 2.63. The first-order chi connectivity index (χ1) is 9.63. The largest absolute Gasteiger partial charge is 0.299 e. The molecular weight excluding hydrogens is 313 g/mol. The molecule has 2 aliphatic rings. The summed E-state index contributed by atoms with van der Waals surface area (Å²) in [6, 6.07) is 0. The predicted molar refractivity (Wildman–Crippen MR) is 87.5 cm³/mol. The van der Waals surface area contributed by atoms with E-state index in [1.165, 1.54) is 29.5 Å². The van der Waals surface area contributed by atoms with Crippen LogP contribution >= 0.6 is 34.8 Å². The minimum absolute atomic E-state index is 0.531. The summed E-state index contributed by atoms with van der Waals surface area (Å²) < 4.78 is 0. The summed E-state index contributed by atoms with van der Waals surface area (Å²) in [6.07, 6.45) is 6.33. The van der Waals surface area contributed by atoms with Crippen molar-refractivity contribution in [1.82, 2.24) is 4.90 Å². The Balaban J connectivity index is 2.12. The molecule has 0 radical (unpaired) electrons. The number of benzene rings is 1. The van der Waals surface area contributed by atoms with Gasteiger partial charge in [0.05, 0.1) is 15.1 Å². The third-order valence-corrected chi connectivity index (χ3v) is 5.90. The monoisotopic (exact) mass is 329 g/mol. The summed E-state index contributed by atoms with van der Waals surface area (Å²) >= 11 is 19.2. The van der Waals surface area contributed by atoms with Gasteiger partial charge in [0.2, 0.25) is 0 Å². The van der Waals surface area contributed by atoms with Crippen LogP contribution in [0.1, 0.15) is 35.4 Å². The Labute approximate surface area is 135 Å². The number of hydrogen-bond acceptors (Lipinski definition) is 1. The van der Waals surface area contributed by atoms with Gasteiger partial charge in [-0.2, -0.15) is 0 Å². The summed E-state index contributed by atoms with van der Waals surface area (Å²) in [5, 5.41) is 1.89. The van der Waals surface area contributed by atoms with Crippen molar-refractivity contribution in [3.8, 4) is 0 Å². The first kappa shape index (κ1) is 14.7. The molecule has 1 heterocycles. The maximum absolute atomic E-state index is 6.48. The van der Waals surface area contributed by atoms with Gasteiger partial charge in [-0.05, 0) is 48.3 Å². The predicted octanol–water partition coefficient (Wildman–Crippen LogP) is 5.11. The van der Waals surface area contributed by atoms with Crippen LogP contribution in [0, 0.1) is 0 Å². The second-order valence-electron chi connectivity index (χ2n) is 5.70. The first-order valence-corrected chi connectivity index (χ1v) is 8.28. The van der Waals surface area contributed by atoms with E-state index in [0.717, 1.165) is 32.5 Å². The lowest BCUT2D eigenvalue weighted by Crippen LogP contribution is -2.29. The first-order valence-electron chi connectivity index (χ1n) is 7.14. The normalized spacial score (nSPS) is 22.2. The maximum atomic E-state index is 6.48. The molecule has 1 aliphatic carbocycles. The molecule has 108 valence electrons. The zero-order valence-electron chi connectivity index (χ0n) is 11.4. The number of rotatable bonds is 2. The van der Waals surface area contributed by atoms with Crippen molar-refractivity contribution in [3.05, 3.63) is 44.4 Å². The lowest BCUT2D eigenvalue weighted by Gasteiger charge is -2.30. The van der Waals surface area contributed by atoms with E-state index in [4.69, 9.17) is 34.8 Å². The van der Waals surface area contributed by atoms with Gasteiger partial charge in [0, 0.05) is 19.6 Å². The van der Waals surface area contributed by atoms with E-state index in [9.17, 15) is 0 Å². The van der Waals surface area contributed by atoms with E-state index in [1.54, 1.807) is 0 Å². The fourth-order valence-electron chi connectivity index (χ4n) is 3.63. The molecule has 0 spiro atoms. The van der Waals surface area contributed by atoms with Gasteiger partial charge in [0.25, 0.3) is 0 Å².